The number of non-ortho nitro benzene ring substituents is 1. The Kier molecular flexibility index (Phi) is 3.34. The van der Waals surface area contributed by atoms with Gasteiger partial charge in [0.1, 0.15) is 6.33 Å². The van der Waals surface area contributed by atoms with Gasteiger partial charge in [-0.15, -0.1) is 0 Å². The molecule has 114 valence electrons. The lowest BCUT2D eigenvalue weighted by Gasteiger charge is -2.06. The molecule has 0 atom stereocenters. The van der Waals surface area contributed by atoms with Crippen LogP contribution in [0, 0.1) is 10.1 Å². The minimum atomic E-state index is -1.21. The van der Waals surface area contributed by atoms with Crippen LogP contribution >= 0.6 is 0 Å². The van der Waals surface area contributed by atoms with Crippen LogP contribution in [0.2, 0.25) is 0 Å². The van der Waals surface area contributed by atoms with E-state index < -0.39 is 16.8 Å². The number of carboxylic acids is 1. The Bertz CT molecular complexity index is 961. The summed E-state index contributed by atoms with van der Waals surface area (Å²) in [6.07, 6.45) is 1.22. The number of rotatable bonds is 3. The van der Waals surface area contributed by atoms with Crippen molar-refractivity contribution in [1.82, 2.24) is 9.55 Å². The number of fused-ring (bicyclic) bond motifs is 1. The molecule has 0 saturated heterocycles. The van der Waals surface area contributed by atoms with Crippen molar-refractivity contribution in [3.63, 3.8) is 0 Å². The Morgan fingerprint density at radius 3 is 2.48 bits per heavy atom. The molecule has 2 aromatic carbocycles. The average Bonchev–Trinajstić information content (AvgIpc) is 2.97. The molecule has 23 heavy (non-hydrogen) atoms. The third-order valence-corrected chi connectivity index (χ3v) is 3.35. The first-order valence-corrected chi connectivity index (χ1v) is 6.47. The second-order valence-corrected chi connectivity index (χ2v) is 4.70. The van der Waals surface area contributed by atoms with Gasteiger partial charge in [-0.2, -0.15) is 0 Å². The van der Waals surface area contributed by atoms with E-state index in [1.54, 1.807) is 6.07 Å². The number of aromatic carboxylic acids is 1. The molecular weight excluding hydrogens is 302 g/mol. The van der Waals surface area contributed by atoms with E-state index in [0.29, 0.717) is 5.52 Å². The molecule has 0 amide bonds. The number of nitro benzene ring substituents is 1. The molecule has 0 aliphatic rings. The summed E-state index contributed by atoms with van der Waals surface area (Å²) in [6, 6.07) is 9.74. The number of benzene rings is 2. The maximum atomic E-state index is 12.6. The lowest BCUT2D eigenvalue weighted by Crippen LogP contribution is -2.15. The van der Waals surface area contributed by atoms with Crippen molar-refractivity contribution in [2.24, 2.45) is 0 Å². The number of imidazole rings is 1. The molecule has 0 saturated carbocycles. The van der Waals surface area contributed by atoms with Crippen LogP contribution in [0.25, 0.3) is 11.0 Å². The lowest BCUT2D eigenvalue weighted by molar-refractivity contribution is -0.384. The fourth-order valence-electron chi connectivity index (χ4n) is 2.26. The van der Waals surface area contributed by atoms with Crippen LogP contribution < -0.4 is 0 Å². The number of carboxylic acid groups (broad SMARTS) is 1. The van der Waals surface area contributed by atoms with Gasteiger partial charge < -0.3 is 5.11 Å². The zero-order valence-corrected chi connectivity index (χ0v) is 11.5. The summed E-state index contributed by atoms with van der Waals surface area (Å²) in [4.78, 5) is 38.0. The first kappa shape index (κ1) is 14.4. The van der Waals surface area contributed by atoms with Gasteiger partial charge in [0.05, 0.1) is 27.1 Å². The van der Waals surface area contributed by atoms with Gasteiger partial charge in [0.25, 0.3) is 11.6 Å². The monoisotopic (exact) mass is 311 g/mol. The first-order valence-electron chi connectivity index (χ1n) is 6.47. The summed E-state index contributed by atoms with van der Waals surface area (Å²) in [5.74, 6) is -1.78. The quantitative estimate of drug-likeness (QED) is 0.586. The molecule has 0 bridgehead atoms. The zero-order valence-electron chi connectivity index (χ0n) is 11.5. The van der Waals surface area contributed by atoms with E-state index in [0.717, 1.165) is 0 Å². The predicted octanol–water partition coefficient (Wildman–Crippen LogP) is 2.33. The number of aromatic nitrogens is 2. The predicted molar refractivity (Wildman–Crippen MR) is 79.5 cm³/mol. The fraction of sp³-hybridized carbons (Fsp3) is 0. The maximum Gasteiger partial charge on any atom is 0.336 e. The van der Waals surface area contributed by atoms with Crippen molar-refractivity contribution in [2.45, 2.75) is 0 Å². The van der Waals surface area contributed by atoms with Crippen molar-refractivity contribution in [3.8, 4) is 0 Å². The number of nitro groups is 1. The summed E-state index contributed by atoms with van der Waals surface area (Å²) < 4.78 is 1.17. The minimum absolute atomic E-state index is 0.0117. The molecule has 0 spiro atoms. The normalized spacial score (nSPS) is 10.6. The number of hydrogen-bond acceptors (Lipinski definition) is 5. The maximum absolute atomic E-state index is 12.6. The molecule has 8 heteroatoms. The van der Waals surface area contributed by atoms with Crippen LogP contribution in [-0.2, 0) is 0 Å². The molecule has 1 N–H and O–H groups in total. The Morgan fingerprint density at radius 1 is 1.13 bits per heavy atom. The van der Waals surface area contributed by atoms with Gasteiger partial charge in [0, 0.05) is 12.1 Å². The number of carbonyl (C=O) groups excluding carboxylic acids is 1. The molecule has 3 aromatic rings. The highest BCUT2D eigenvalue weighted by Gasteiger charge is 2.20. The van der Waals surface area contributed by atoms with Crippen molar-refractivity contribution in [3.05, 3.63) is 70.0 Å². The van der Waals surface area contributed by atoms with Crippen LogP contribution in [0.5, 0.6) is 0 Å². The van der Waals surface area contributed by atoms with Crippen molar-refractivity contribution in [2.75, 3.05) is 0 Å². The summed E-state index contributed by atoms with van der Waals surface area (Å²) >= 11 is 0. The SMILES string of the molecule is O=C(O)c1ccccc1C(=O)n1cnc2cc([N+](=O)[O-])ccc21. The number of hydrogen-bond donors (Lipinski definition) is 1. The lowest BCUT2D eigenvalue weighted by atomic mass is 10.1. The van der Waals surface area contributed by atoms with Crippen LogP contribution in [0.4, 0.5) is 5.69 Å². The fourth-order valence-corrected chi connectivity index (χ4v) is 2.26. The zero-order chi connectivity index (χ0) is 16.6. The van der Waals surface area contributed by atoms with Gasteiger partial charge in [-0.05, 0) is 18.2 Å². The average molecular weight is 311 g/mol. The van der Waals surface area contributed by atoms with Crippen LogP contribution in [0.3, 0.4) is 0 Å². The molecule has 0 fully saturated rings. The van der Waals surface area contributed by atoms with E-state index >= 15 is 0 Å². The highest BCUT2D eigenvalue weighted by molar-refractivity contribution is 6.08. The molecule has 0 aliphatic carbocycles. The largest absolute Gasteiger partial charge is 0.478 e. The highest BCUT2D eigenvalue weighted by Crippen LogP contribution is 2.21. The molecule has 0 radical (unpaired) electrons. The smallest absolute Gasteiger partial charge is 0.336 e. The Labute approximate surface area is 128 Å². The molecule has 1 aromatic heterocycles. The second-order valence-electron chi connectivity index (χ2n) is 4.70. The summed E-state index contributed by atoms with van der Waals surface area (Å²) in [7, 11) is 0. The molecule has 0 unspecified atom stereocenters. The molecule has 0 aliphatic heterocycles. The third kappa shape index (κ3) is 2.42. The van der Waals surface area contributed by atoms with Gasteiger partial charge in [-0.1, -0.05) is 12.1 Å². The Balaban J connectivity index is 2.12. The first-order chi connectivity index (χ1) is 11.0. The van der Waals surface area contributed by atoms with Gasteiger partial charge in [-0.3, -0.25) is 19.5 Å². The van der Waals surface area contributed by atoms with Gasteiger partial charge >= 0.3 is 5.97 Å². The van der Waals surface area contributed by atoms with E-state index in [4.69, 9.17) is 0 Å². The van der Waals surface area contributed by atoms with E-state index in [2.05, 4.69) is 4.98 Å². The van der Waals surface area contributed by atoms with Gasteiger partial charge in [0.2, 0.25) is 0 Å². The molecule has 8 nitrogen and oxygen atoms in total. The van der Waals surface area contributed by atoms with E-state index in [-0.39, 0.29) is 22.3 Å². The van der Waals surface area contributed by atoms with Crippen LogP contribution in [0.15, 0.2) is 48.8 Å². The Hall–Kier alpha value is -3.55. The van der Waals surface area contributed by atoms with Crippen molar-refractivity contribution >= 4 is 28.6 Å². The van der Waals surface area contributed by atoms with Crippen LogP contribution in [0.1, 0.15) is 20.7 Å². The van der Waals surface area contributed by atoms with Crippen LogP contribution in [-0.4, -0.2) is 31.5 Å². The highest BCUT2D eigenvalue weighted by atomic mass is 16.6. The van der Waals surface area contributed by atoms with Gasteiger partial charge in [0.15, 0.2) is 0 Å². The summed E-state index contributed by atoms with van der Waals surface area (Å²) in [5.41, 5.74) is 0.390. The van der Waals surface area contributed by atoms with Crippen molar-refractivity contribution < 1.29 is 19.6 Å². The summed E-state index contributed by atoms with van der Waals surface area (Å²) in [5, 5.41) is 19.9. The Morgan fingerprint density at radius 2 is 1.83 bits per heavy atom. The minimum Gasteiger partial charge on any atom is -0.478 e. The third-order valence-electron chi connectivity index (χ3n) is 3.35. The molecule has 1 heterocycles. The van der Waals surface area contributed by atoms with E-state index in [1.807, 2.05) is 0 Å². The second kappa shape index (κ2) is 5.34. The molecular formula is C15H9N3O5. The summed E-state index contributed by atoms with van der Waals surface area (Å²) in [6.45, 7) is 0. The van der Waals surface area contributed by atoms with E-state index in [1.165, 1.54) is 47.3 Å². The van der Waals surface area contributed by atoms with Crippen molar-refractivity contribution in [1.29, 1.82) is 0 Å². The van der Waals surface area contributed by atoms with Gasteiger partial charge in [-0.25, -0.2) is 9.78 Å². The number of nitrogens with zero attached hydrogens (tertiary/aromatic N) is 3. The topological polar surface area (TPSA) is 115 Å². The molecule has 3 rings (SSSR count). The standard InChI is InChI=1S/C15H9N3O5/c19-14(10-3-1-2-4-11(10)15(20)21)17-8-16-12-7-9(18(22)23)5-6-13(12)17/h1-8H,(H,20,21). The van der Waals surface area contributed by atoms with E-state index in [9.17, 15) is 24.8 Å². The number of carbonyl (C=O) groups is 2.